The van der Waals surface area contributed by atoms with Crippen LogP contribution in [-0.4, -0.2) is 98.1 Å². The van der Waals surface area contributed by atoms with E-state index in [-0.39, 0.29) is 68.7 Å². The predicted octanol–water partition coefficient (Wildman–Crippen LogP) is 7.16. The van der Waals surface area contributed by atoms with Gasteiger partial charge in [0.05, 0.1) is 23.0 Å². The van der Waals surface area contributed by atoms with Crippen LogP contribution < -0.4 is 9.64 Å². The van der Waals surface area contributed by atoms with Crippen LogP contribution in [-0.2, 0) is 4.74 Å². The zero-order chi connectivity index (χ0) is 36.0. The summed E-state index contributed by atoms with van der Waals surface area (Å²) in [4.78, 5) is 32.5. The van der Waals surface area contributed by atoms with Crippen LogP contribution in [0.15, 0.2) is 24.3 Å². The highest BCUT2D eigenvalue weighted by Gasteiger charge is 2.50. The summed E-state index contributed by atoms with van der Waals surface area (Å²) in [5.41, 5.74) is -2.19. The lowest BCUT2D eigenvalue weighted by Gasteiger charge is -2.42. The number of piperazine rings is 1. The van der Waals surface area contributed by atoms with Crippen LogP contribution in [0.2, 0.25) is 5.15 Å². The number of amides is 1. The Morgan fingerprint density at radius 2 is 1.78 bits per heavy atom. The van der Waals surface area contributed by atoms with Gasteiger partial charge in [-0.2, -0.15) is 9.97 Å². The van der Waals surface area contributed by atoms with E-state index in [4.69, 9.17) is 26.1 Å². The summed E-state index contributed by atoms with van der Waals surface area (Å²) >= 11 is 6.84. The molecule has 4 aliphatic heterocycles. The molecule has 2 bridgehead atoms. The Labute approximate surface area is 296 Å². The highest BCUT2D eigenvalue weighted by atomic mass is 35.5. The molecule has 10 nitrogen and oxygen atoms in total. The molecule has 0 spiro atoms. The van der Waals surface area contributed by atoms with Gasteiger partial charge in [-0.3, -0.25) is 9.80 Å². The Kier molecular flexibility index (Phi) is 8.13. The van der Waals surface area contributed by atoms with E-state index in [9.17, 15) is 18.7 Å². The van der Waals surface area contributed by atoms with Crippen molar-refractivity contribution in [2.45, 2.75) is 82.3 Å². The molecule has 1 N–H and O–H groups in total. The van der Waals surface area contributed by atoms with Crippen LogP contribution in [0.25, 0.3) is 32.9 Å². The quantitative estimate of drug-likeness (QED) is 0.169. The van der Waals surface area contributed by atoms with Gasteiger partial charge in [-0.1, -0.05) is 17.7 Å². The maximum atomic E-state index is 16.9. The lowest BCUT2D eigenvalue weighted by molar-refractivity contribution is 0.0122. The van der Waals surface area contributed by atoms with Crippen LogP contribution >= 0.6 is 11.6 Å². The van der Waals surface area contributed by atoms with E-state index in [1.165, 1.54) is 12.1 Å². The second-order valence-corrected chi connectivity index (χ2v) is 15.5. The summed E-state index contributed by atoms with van der Waals surface area (Å²) < 4.78 is 73.2. The summed E-state index contributed by atoms with van der Waals surface area (Å²) in [6, 6.07) is 3.87. The molecular weight excluding hydrogens is 692 g/mol. The number of ether oxygens (including phenoxy) is 2. The molecule has 4 aliphatic rings. The first kappa shape index (κ1) is 33.9. The molecule has 2 unspecified atom stereocenters. The van der Waals surface area contributed by atoms with Crippen LogP contribution in [0, 0.1) is 17.5 Å². The standard InChI is InChI=1S/C36H37ClF4N6O4/c1-35(2,3)51-34(49)47-20-6-7-21(47)16-45(15-20)32-26-30(43-33(44-32)50-17-36-9-4-10-46(36)14-19(38)13-36)28(41)29(42-31(26)37)23-12-22(48)11-18-5-8-24(39)27(40)25(18)23/h5,8,11-12,19-21,48H,4,6-7,9-10,13-17H2,1-3H3/t19-,20?,21?,36+/m1/s1. The number of nitrogens with zero attached hydrogens (tertiary/aromatic N) is 6. The van der Waals surface area contributed by atoms with Gasteiger partial charge in [-0.05, 0) is 76.6 Å². The summed E-state index contributed by atoms with van der Waals surface area (Å²) in [5.74, 6) is -3.51. The van der Waals surface area contributed by atoms with Crippen molar-refractivity contribution in [2.75, 3.05) is 37.7 Å². The molecule has 4 fully saturated rings. The second kappa shape index (κ2) is 12.2. The predicted molar refractivity (Wildman–Crippen MR) is 182 cm³/mol. The first-order valence-corrected chi connectivity index (χ1v) is 17.6. The Bertz CT molecular complexity index is 2070. The summed E-state index contributed by atoms with van der Waals surface area (Å²) in [6.45, 7) is 7.20. The first-order valence-electron chi connectivity index (χ1n) is 17.2. The molecule has 0 saturated carbocycles. The fraction of sp³-hybridized carbons (Fsp3) is 0.500. The molecule has 0 radical (unpaired) electrons. The smallest absolute Gasteiger partial charge is 0.410 e. The number of rotatable bonds is 5. The number of aromatic nitrogens is 3. The third-order valence-corrected chi connectivity index (χ3v) is 10.8. The van der Waals surface area contributed by atoms with Crippen LogP contribution in [0.5, 0.6) is 11.8 Å². The summed E-state index contributed by atoms with van der Waals surface area (Å²) in [5, 5.41) is 10.2. The molecule has 4 aromatic rings. The number of phenolic OH excluding ortho intramolecular Hbond substituents is 1. The molecular formula is C36H37ClF4N6O4. The molecule has 4 atom stereocenters. The summed E-state index contributed by atoms with van der Waals surface area (Å²) in [6.07, 6.45) is 1.94. The zero-order valence-electron chi connectivity index (χ0n) is 28.4. The molecule has 0 aliphatic carbocycles. The number of halogens is 5. The van der Waals surface area contributed by atoms with E-state index in [0.717, 1.165) is 31.5 Å². The van der Waals surface area contributed by atoms with Gasteiger partial charge in [-0.25, -0.2) is 27.3 Å². The first-order chi connectivity index (χ1) is 24.2. The Balaban J connectivity index is 1.25. The van der Waals surface area contributed by atoms with Crippen LogP contribution in [0.4, 0.5) is 28.2 Å². The largest absolute Gasteiger partial charge is 0.508 e. The average Bonchev–Trinajstić information content (AvgIpc) is 3.68. The van der Waals surface area contributed by atoms with E-state index in [0.29, 0.717) is 38.9 Å². The molecule has 2 aromatic heterocycles. The van der Waals surface area contributed by atoms with Crippen LogP contribution in [0.1, 0.15) is 52.9 Å². The molecule has 270 valence electrons. The number of carbonyl (C=O) groups excluding carboxylic acids is 1. The zero-order valence-corrected chi connectivity index (χ0v) is 29.1. The van der Waals surface area contributed by atoms with E-state index in [2.05, 4.69) is 14.9 Å². The minimum absolute atomic E-state index is 0.0665. The number of benzene rings is 2. The van der Waals surface area contributed by atoms with E-state index in [1.807, 2.05) is 25.7 Å². The van der Waals surface area contributed by atoms with Crippen molar-refractivity contribution in [3.8, 4) is 23.0 Å². The van der Waals surface area contributed by atoms with Gasteiger partial charge >= 0.3 is 12.1 Å². The maximum absolute atomic E-state index is 16.9. The monoisotopic (exact) mass is 728 g/mol. The Morgan fingerprint density at radius 1 is 1.04 bits per heavy atom. The molecule has 15 heteroatoms. The normalized spacial score (nSPS) is 24.9. The highest BCUT2D eigenvalue weighted by Crippen LogP contribution is 2.44. The molecule has 6 heterocycles. The lowest BCUT2D eigenvalue weighted by atomic mass is 9.95. The fourth-order valence-electron chi connectivity index (χ4n) is 8.47. The number of fused-ring (bicyclic) bond motifs is 5. The Morgan fingerprint density at radius 3 is 2.51 bits per heavy atom. The van der Waals surface area contributed by atoms with Crippen molar-refractivity contribution < 1.29 is 36.9 Å². The molecule has 2 aromatic carbocycles. The van der Waals surface area contributed by atoms with Gasteiger partial charge in [0.2, 0.25) is 0 Å². The van der Waals surface area contributed by atoms with Crippen LogP contribution in [0.3, 0.4) is 0 Å². The highest BCUT2D eigenvalue weighted by molar-refractivity contribution is 6.35. The number of hydrogen-bond donors (Lipinski definition) is 1. The SMILES string of the molecule is CC(C)(C)OC(=O)N1C2CCC1CN(c1nc(OC[C@@]34CCCN3C[C@H](F)C4)nc3c(F)c(-c4cc(O)cc5ccc(F)c(F)c45)nc(Cl)c13)C2. The van der Waals surface area contributed by atoms with Crippen molar-refractivity contribution in [2.24, 2.45) is 0 Å². The lowest BCUT2D eigenvalue weighted by Crippen LogP contribution is -2.57. The summed E-state index contributed by atoms with van der Waals surface area (Å²) in [7, 11) is 0. The molecule has 4 saturated heterocycles. The van der Waals surface area contributed by atoms with E-state index >= 15 is 8.78 Å². The number of alkyl halides is 1. The van der Waals surface area contributed by atoms with Crippen molar-refractivity contribution in [1.29, 1.82) is 0 Å². The van der Waals surface area contributed by atoms with Gasteiger partial charge in [0, 0.05) is 37.0 Å². The van der Waals surface area contributed by atoms with Gasteiger partial charge in [0.1, 0.15) is 46.3 Å². The van der Waals surface area contributed by atoms with E-state index < -0.39 is 46.6 Å². The van der Waals surface area contributed by atoms with Crippen molar-refractivity contribution in [1.82, 2.24) is 24.8 Å². The Hall–Kier alpha value is -4.17. The third-order valence-electron chi connectivity index (χ3n) is 10.6. The number of aromatic hydroxyl groups is 1. The number of anilines is 1. The van der Waals surface area contributed by atoms with Gasteiger partial charge in [-0.15, -0.1) is 0 Å². The van der Waals surface area contributed by atoms with Crippen molar-refractivity contribution in [3.05, 3.63) is 46.9 Å². The number of hydrogen-bond acceptors (Lipinski definition) is 9. The maximum Gasteiger partial charge on any atom is 0.410 e. The average molecular weight is 729 g/mol. The number of phenols is 1. The number of carbonyl (C=O) groups is 1. The van der Waals surface area contributed by atoms with Crippen molar-refractivity contribution >= 4 is 45.2 Å². The minimum atomic E-state index is -1.24. The second-order valence-electron chi connectivity index (χ2n) is 15.1. The van der Waals surface area contributed by atoms with Crippen molar-refractivity contribution in [3.63, 3.8) is 0 Å². The van der Waals surface area contributed by atoms with Gasteiger partial charge in [0.25, 0.3) is 0 Å². The third kappa shape index (κ3) is 5.84. The number of pyridine rings is 1. The fourth-order valence-corrected chi connectivity index (χ4v) is 8.73. The molecule has 8 rings (SSSR count). The van der Waals surface area contributed by atoms with Gasteiger partial charge in [0.15, 0.2) is 17.5 Å². The molecule has 1 amide bonds. The minimum Gasteiger partial charge on any atom is -0.508 e. The topological polar surface area (TPSA) is 104 Å². The molecule has 51 heavy (non-hydrogen) atoms. The van der Waals surface area contributed by atoms with Gasteiger partial charge < -0.3 is 19.5 Å². The van der Waals surface area contributed by atoms with E-state index in [1.54, 1.807) is 4.90 Å².